The first-order valence-corrected chi connectivity index (χ1v) is 7.74. The highest BCUT2D eigenvalue weighted by Crippen LogP contribution is 2.30. The quantitative estimate of drug-likeness (QED) is 0.889. The lowest BCUT2D eigenvalue weighted by Crippen LogP contribution is -2.49. The number of aromatic nitrogens is 2. The molecule has 3 rings (SSSR count). The van der Waals surface area contributed by atoms with Crippen molar-refractivity contribution in [1.29, 1.82) is 0 Å². The fourth-order valence-corrected chi connectivity index (χ4v) is 3.21. The number of likely N-dealkylation sites (tertiary alicyclic amines) is 2. The van der Waals surface area contributed by atoms with Gasteiger partial charge in [-0.3, -0.25) is 9.69 Å². The summed E-state index contributed by atoms with van der Waals surface area (Å²) in [5.41, 5.74) is -0.660. The van der Waals surface area contributed by atoms with Crippen molar-refractivity contribution in [1.82, 2.24) is 19.8 Å². The Balaban J connectivity index is 1.57. The zero-order valence-corrected chi connectivity index (χ0v) is 12.8. The minimum atomic E-state index is -2.59. The monoisotopic (exact) mass is 326 g/mol. The Bertz CT molecular complexity index is 562. The highest BCUT2D eigenvalue weighted by Gasteiger charge is 2.42. The van der Waals surface area contributed by atoms with Crippen LogP contribution in [0.5, 0.6) is 0 Å². The Hall–Kier alpha value is -1.67. The number of halogens is 2. The predicted molar refractivity (Wildman–Crippen MR) is 78.1 cm³/mol. The molecule has 2 aliphatic heterocycles. The van der Waals surface area contributed by atoms with Crippen LogP contribution in [0.1, 0.15) is 29.6 Å². The molecule has 0 bridgehead atoms. The van der Waals surface area contributed by atoms with E-state index in [4.69, 9.17) is 0 Å². The Kier molecular flexibility index (Phi) is 4.29. The molecule has 1 atom stereocenters. The number of carbonyl (C=O) groups excluding carboxylic acids is 1. The first-order chi connectivity index (χ1) is 10.9. The number of hydrogen-bond donors (Lipinski definition) is 1. The maximum atomic E-state index is 13.2. The molecule has 0 aliphatic carbocycles. The van der Waals surface area contributed by atoms with Crippen LogP contribution in [0.3, 0.4) is 0 Å². The van der Waals surface area contributed by atoms with Crippen molar-refractivity contribution >= 4 is 5.91 Å². The van der Waals surface area contributed by atoms with E-state index >= 15 is 0 Å². The summed E-state index contributed by atoms with van der Waals surface area (Å²) in [5, 5.41) is 10.7. The Morgan fingerprint density at radius 2 is 1.83 bits per heavy atom. The number of amides is 1. The number of rotatable bonds is 3. The predicted octanol–water partition coefficient (Wildman–Crippen LogP) is 0.785. The SMILES string of the molecule is O=C(c1cncnc1)N1CCC(O)(CN2CCC(F)(F)CC2)C1. The van der Waals surface area contributed by atoms with Crippen molar-refractivity contribution in [2.24, 2.45) is 0 Å². The van der Waals surface area contributed by atoms with Crippen LogP contribution in [-0.4, -0.2) is 75.0 Å². The van der Waals surface area contributed by atoms with Gasteiger partial charge in [-0.25, -0.2) is 18.7 Å². The normalized spacial score (nSPS) is 28.0. The molecule has 0 saturated carbocycles. The van der Waals surface area contributed by atoms with Crippen LogP contribution in [0.4, 0.5) is 8.78 Å². The molecule has 23 heavy (non-hydrogen) atoms. The van der Waals surface area contributed by atoms with E-state index in [0.29, 0.717) is 25.1 Å². The van der Waals surface area contributed by atoms with Crippen molar-refractivity contribution in [2.45, 2.75) is 30.8 Å². The van der Waals surface area contributed by atoms with Crippen molar-refractivity contribution in [3.63, 3.8) is 0 Å². The van der Waals surface area contributed by atoms with Gasteiger partial charge in [0.25, 0.3) is 11.8 Å². The van der Waals surface area contributed by atoms with E-state index in [1.54, 1.807) is 4.90 Å². The lowest BCUT2D eigenvalue weighted by atomic mass is 10.00. The van der Waals surface area contributed by atoms with Crippen molar-refractivity contribution in [2.75, 3.05) is 32.7 Å². The summed E-state index contributed by atoms with van der Waals surface area (Å²) in [5.74, 6) is -2.81. The van der Waals surface area contributed by atoms with Gasteiger partial charge in [0, 0.05) is 51.4 Å². The van der Waals surface area contributed by atoms with Gasteiger partial charge in [-0.2, -0.15) is 0 Å². The first-order valence-electron chi connectivity index (χ1n) is 7.74. The van der Waals surface area contributed by atoms with Gasteiger partial charge in [-0.05, 0) is 6.42 Å². The molecule has 2 aliphatic rings. The van der Waals surface area contributed by atoms with E-state index in [0.717, 1.165) is 0 Å². The van der Waals surface area contributed by atoms with Gasteiger partial charge in [0.1, 0.15) is 6.33 Å². The van der Waals surface area contributed by atoms with Crippen LogP contribution in [0.2, 0.25) is 0 Å². The summed E-state index contributed by atoms with van der Waals surface area (Å²) < 4.78 is 26.4. The molecular weight excluding hydrogens is 306 g/mol. The molecule has 126 valence electrons. The third-order valence-corrected chi connectivity index (χ3v) is 4.53. The van der Waals surface area contributed by atoms with E-state index < -0.39 is 11.5 Å². The molecule has 1 amide bonds. The standard InChI is InChI=1S/C15H20F2N4O2/c16-15(17)2-4-20(5-3-15)9-14(23)1-6-21(10-14)13(22)12-7-18-11-19-8-12/h7-8,11,23H,1-6,9-10H2. The number of aliphatic hydroxyl groups is 1. The minimum Gasteiger partial charge on any atom is -0.387 e. The van der Waals surface area contributed by atoms with Crippen molar-refractivity contribution in [3.8, 4) is 0 Å². The highest BCUT2D eigenvalue weighted by atomic mass is 19.3. The lowest BCUT2D eigenvalue weighted by molar-refractivity contribution is -0.0720. The van der Waals surface area contributed by atoms with Gasteiger partial charge in [0.05, 0.1) is 17.7 Å². The number of carbonyl (C=O) groups is 1. The second-order valence-corrected chi connectivity index (χ2v) is 6.46. The summed E-state index contributed by atoms with van der Waals surface area (Å²) in [6.45, 7) is 1.51. The smallest absolute Gasteiger partial charge is 0.257 e. The number of hydrogen-bond acceptors (Lipinski definition) is 5. The molecule has 2 saturated heterocycles. The van der Waals surface area contributed by atoms with Gasteiger partial charge in [0.2, 0.25) is 0 Å². The maximum absolute atomic E-state index is 13.2. The van der Waals surface area contributed by atoms with Gasteiger partial charge in [-0.1, -0.05) is 0 Å². The number of nitrogens with zero attached hydrogens (tertiary/aromatic N) is 4. The van der Waals surface area contributed by atoms with E-state index in [2.05, 4.69) is 9.97 Å². The topological polar surface area (TPSA) is 69.6 Å². The minimum absolute atomic E-state index is 0.174. The molecule has 0 aromatic carbocycles. The molecule has 1 N–H and O–H groups in total. The zero-order chi connectivity index (χ0) is 16.5. The van der Waals surface area contributed by atoms with Crippen LogP contribution < -0.4 is 0 Å². The molecule has 1 aromatic heterocycles. The molecule has 0 radical (unpaired) electrons. The number of alkyl halides is 2. The number of β-amino-alcohol motifs (C(OH)–C–C–N with tert-alkyl or cyclic N) is 1. The summed E-state index contributed by atoms with van der Waals surface area (Å²) in [7, 11) is 0. The Morgan fingerprint density at radius 3 is 2.48 bits per heavy atom. The fraction of sp³-hybridized carbons (Fsp3) is 0.667. The summed E-state index contributed by atoms with van der Waals surface area (Å²) >= 11 is 0. The second kappa shape index (κ2) is 6.09. The van der Waals surface area contributed by atoms with Gasteiger partial charge in [0.15, 0.2) is 0 Å². The van der Waals surface area contributed by atoms with Crippen LogP contribution in [-0.2, 0) is 0 Å². The largest absolute Gasteiger partial charge is 0.387 e. The van der Waals surface area contributed by atoms with Crippen LogP contribution >= 0.6 is 0 Å². The van der Waals surface area contributed by atoms with Gasteiger partial charge in [-0.15, -0.1) is 0 Å². The van der Waals surface area contributed by atoms with Gasteiger partial charge < -0.3 is 10.0 Å². The maximum Gasteiger partial charge on any atom is 0.257 e. The molecule has 1 unspecified atom stereocenters. The molecule has 6 nitrogen and oxygen atoms in total. The van der Waals surface area contributed by atoms with Crippen molar-refractivity contribution in [3.05, 3.63) is 24.3 Å². The summed E-state index contributed by atoms with van der Waals surface area (Å²) in [4.78, 5) is 23.4. The van der Waals surface area contributed by atoms with E-state index in [-0.39, 0.29) is 38.4 Å². The van der Waals surface area contributed by atoms with Crippen LogP contribution in [0.15, 0.2) is 18.7 Å². The highest BCUT2D eigenvalue weighted by molar-refractivity contribution is 5.93. The van der Waals surface area contributed by atoms with Gasteiger partial charge >= 0.3 is 0 Å². The molecule has 8 heteroatoms. The average Bonchev–Trinajstić information content (AvgIpc) is 2.92. The van der Waals surface area contributed by atoms with E-state index in [9.17, 15) is 18.7 Å². The Morgan fingerprint density at radius 1 is 1.17 bits per heavy atom. The average molecular weight is 326 g/mol. The van der Waals surface area contributed by atoms with Crippen molar-refractivity contribution < 1.29 is 18.7 Å². The first kappa shape index (κ1) is 16.2. The molecule has 0 spiro atoms. The summed E-state index contributed by atoms with van der Waals surface area (Å²) in [6.07, 6.45) is 4.33. The third kappa shape index (κ3) is 3.81. The molecule has 3 heterocycles. The van der Waals surface area contributed by atoms with E-state index in [1.807, 2.05) is 4.90 Å². The summed E-state index contributed by atoms with van der Waals surface area (Å²) in [6, 6.07) is 0. The Labute approximate surface area is 133 Å². The molecular formula is C15H20F2N4O2. The van der Waals surface area contributed by atoms with Crippen LogP contribution in [0, 0.1) is 0 Å². The fourth-order valence-electron chi connectivity index (χ4n) is 3.21. The number of piperidine rings is 1. The third-order valence-electron chi connectivity index (χ3n) is 4.53. The van der Waals surface area contributed by atoms with Crippen LogP contribution in [0.25, 0.3) is 0 Å². The zero-order valence-electron chi connectivity index (χ0n) is 12.8. The van der Waals surface area contributed by atoms with E-state index in [1.165, 1.54) is 18.7 Å². The molecule has 2 fully saturated rings. The molecule has 1 aromatic rings. The lowest BCUT2D eigenvalue weighted by Gasteiger charge is -2.36. The second-order valence-electron chi connectivity index (χ2n) is 6.46.